The molecule has 2 aromatic heterocycles. The highest BCUT2D eigenvalue weighted by atomic mass is 79.9. The van der Waals surface area contributed by atoms with Crippen molar-refractivity contribution < 1.29 is 12.8 Å². The molecule has 0 amide bonds. The minimum atomic E-state index is -3.86. The lowest BCUT2D eigenvalue weighted by atomic mass is 9.81. The molecule has 1 saturated heterocycles. The third-order valence-electron chi connectivity index (χ3n) is 6.38. The molecule has 1 aliphatic heterocycles. The first kappa shape index (κ1) is 24.3. The highest BCUT2D eigenvalue weighted by Gasteiger charge is 2.52. The molecule has 0 bridgehead atoms. The van der Waals surface area contributed by atoms with Gasteiger partial charge in [0.1, 0.15) is 16.6 Å². The maximum Gasteiger partial charge on any atom is 0.242 e. The van der Waals surface area contributed by atoms with Crippen molar-refractivity contribution in [3.8, 4) is 0 Å². The van der Waals surface area contributed by atoms with Crippen molar-refractivity contribution in [1.29, 1.82) is 5.41 Å². The summed E-state index contributed by atoms with van der Waals surface area (Å²) < 4.78 is 43.3. The molecule has 180 valence electrons. The molecule has 8 nitrogen and oxygen atoms in total. The Balaban J connectivity index is 1.82. The van der Waals surface area contributed by atoms with Gasteiger partial charge in [-0.15, -0.1) is 0 Å². The molecular weight excluding hydrogens is 523 g/mol. The zero-order chi connectivity index (χ0) is 24.7. The molecule has 0 saturated carbocycles. The fraction of sp³-hybridized carbons (Fsp3) is 0.348. The van der Waals surface area contributed by atoms with Crippen molar-refractivity contribution in [1.82, 2.24) is 19.6 Å². The number of hydrogen-bond acceptors (Lipinski definition) is 6. The molecule has 2 atom stereocenters. The number of hydrogen-bond donors (Lipinski definition) is 3. The Morgan fingerprint density at radius 1 is 1.29 bits per heavy atom. The first-order valence-electron chi connectivity index (χ1n) is 10.9. The van der Waals surface area contributed by atoms with E-state index >= 15 is 4.39 Å². The lowest BCUT2D eigenvalue weighted by Crippen LogP contribution is -2.66. The van der Waals surface area contributed by atoms with Crippen LogP contribution in [-0.2, 0) is 15.6 Å². The predicted octanol–water partition coefficient (Wildman–Crippen LogP) is 4.85. The lowest BCUT2D eigenvalue weighted by Gasteiger charge is -2.47. The van der Waals surface area contributed by atoms with Gasteiger partial charge in [0.05, 0.1) is 5.54 Å². The van der Waals surface area contributed by atoms with Crippen LogP contribution in [0.4, 0.5) is 15.9 Å². The topological polar surface area (TPSA) is 111 Å². The highest BCUT2D eigenvalue weighted by molar-refractivity contribution is 9.10. The third-order valence-corrected chi connectivity index (χ3v) is 9.05. The van der Waals surface area contributed by atoms with Crippen LogP contribution >= 0.6 is 15.9 Å². The summed E-state index contributed by atoms with van der Waals surface area (Å²) in [5, 5.41) is 14.4. The number of pyridine rings is 2. The maximum absolute atomic E-state index is 15.3. The summed E-state index contributed by atoms with van der Waals surface area (Å²) in [5.74, 6) is -0.325. The molecule has 1 aromatic carbocycles. The van der Waals surface area contributed by atoms with Crippen LogP contribution in [0.5, 0.6) is 0 Å². The van der Waals surface area contributed by atoms with E-state index in [4.69, 9.17) is 5.41 Å². The van der Waals surface area contributed by atoms with Gasteiger partial charge in [-0.25, -0.2) is 22.1 Å². The Bertz CT molecular complexity index is 1370. The Kier molecular flexibility index (Phi) is 6.52. The first-order valence-corrected chi connectivity index (χ1v) is 13.2. The van der Waals surface area contributed by atoms with Gasteiger partial charge >= 0.3 is 0 Å². The molecule has 3 aromatic rings. The molecule has 11 heteroatoms. The number of aromatic nitrogens is 2. The Morgan fingerprint density at radius 3 is 2.79 bits per heavy atom. The van der Waals surface area contributed by atoms with Crippen LogP contribution < -0.4 is 10.6 Å². The monoisotopic (exact) mass is 548 g/mol. The second kappa shape index (κ2) is 9.10. The number of benzene rings is 1. The summed E-state index contributed by atoms with van der Waals surface area (Å²) in [6.45, 7) is 3.55. The standard InChI is InChI=1S/C23H26BrFN6O2S/c1-4-5-9-23(14(2)34(32,33)31(3)22(26)30-23)18-12-17(6-7-19(18)25)29-21-20-15(8-10-27-21)11-16(24)13-28-20/h6-8,10-14H,4-5,9H2,1-3H3,(H2,26,30)(H,27,29)/t14-,23+/m1/s1. The third kappa shape index (κ3) is 4.11. The predicted molar refractivity (Wildman–Crippen MR) is 135 cm³/mol. The molecule has 0 aliphatic carbocycles. The summed E-state index contributed by atoms with van der Waals surface area (Å²) in [6.07, 6.45) is 5.12. The smallest absolute Gasteiger partial charge is 0.242 e. The zero-order valence-electron chi connectivity index (χ0n) is 19.1. The van der Waals surface area contributed by atoms with Crippen LogP contribution in [0.15, 0.2) is 47.2 Å². The molecule has 0 spiro atoms. The molecule has 0 radical (unpaired) electrons. The van der Waals surface area contributed by atoms with Crippen LogP contribution in [0, 0.1) is 11.2 Å². The number of rotatable bonds is 6. The molecule has 0 unspecified atom stereocenters. The van der Waals surface area contributed by atoms with Crippen LogP contribution in [-0.4, -0.2) is 40.9 Å². The number of anilines is 2. The van der Waals surface area contributed by atoms with Gasteiger partial charge in [0.2, 0.25) is 16.0 Å². The molecule has 34 heavy (non-hydrogen) atoms. The van der Waals surface area contributed by atoms with Crippen molar-refractivity contribution in [3.63, 3.8) is 0 Å². The molecular formula is C23H26BrFN6O2S. The van der Waals surface area contributed by atoms with E-state index in [1.54, 1.807) is 31.5 Å². The van der Waals surface area contributed by atoms with Crippen LogP contribution in [0.3, 0.4) is 0 Å². The van der Waals surface area contributed by atoms with E-state index in [1.807, 2.05) is 19.1 Å². The van der Waals surface area contributed by atoms with Crippen LogP contribution in [0.2, 0.25) is 0 Å². The number of halogens is 2. The number of unbranched alkanes of at least 4 members (excludes halogenated alkanes) is 1. The molecule has 1 aliphatic rings. The van der Waals surface area contributed by atoms with E-state index in [9.17, 15) is 8.42 Å². The average Bonchev–Trinajstić information content (AvgIpc) is 2.81. The number of nitrogens with zero attached hydrogens (tertiary/aromatic N) is 3. The first-order chi connectivity index (χ1) is 16.1. The summed E-state index contributed by atoms with van der Waals surface area (Å²) in [5.41, 5.74) is 0.0762. The van der Waals surface area contributed by atoms with E-state index in [1.165, 1.54) is 13.1 Å². The average molecular weight is 549 g/mol. The largest absolute Gasteiger partial charge is 0.345 e. The fourth-order valence-corrected chi connectivity index (χ4v) is 6.29. The van der Waals surface area contributed by atoms with Gasteiger partial charge in [-0.1, -0.05) is 19.8 Å². The zero-order valence-corrected chi connectivity index (χ0v) is 21.5. The summed E-state index contributed by atoms with van der Waals surface area (Å²) in [4.78, 5) is 8.83. The number of fused-ring (bicyclic) bond motifs is 1. The molecule has 4 rings (SSSR count). The van der Waals surface area contributed by atoms with Gasteiger partial charge in [-0.05, 0) is 59.6 Å². The summed E-state index contributed by atoms with van der Waals surface area (Å²) in [7, 11) is -2.53. The van der Waals surface area contributed by atoms with E-state index in [-0.39, 0.29) is 11.5 Å². The number of nitrogens with one attached hydrogen (secondary N) is 3. The molecule has 3 heterocycles. The van der Waals surface area contributed by atoms with Crippen molar-refractivity contribution in [3.05, 3.63) is 58.6 Å². The van der Waals surface area contributed by atoms with Gasteiger partial charge in [0.15, 0.2) is 5.82 Å². The van der Waals surface area contributed by atoms with Crippen molar-refractivity contribution in [2.75, 3.05) is 12.4 Å². The van der Waals surface area contributed by atoms with Gasteiger partial charge in [0, 0.05) is 40.6 Å². The minimum absolute atomic E-state index is 0.191. The second-order valence-electron chi connectivity index (χ2n) is 8.41. The van der Waals surface area contributed by atoms with Gasteiger partial charge in [-0.2, -0.15) is 0 Å². The SMILES string of the molecule is CCCC[C@]1(c2cc(Nc3nccc4cc(Br)cnc34)ccc2F)NC(=N)N(C)S(=O)(=O)[C@@H]1C. The summed E-state index contributed by atoms with van der Waals surface area (Å²) in [6, 6.07) is 8.25. The van der Waals surface area contributed by atoms with Gasteiger partial charge in [0.25, 0.3) is 0 Å². The van der Waals surface area contributed by atoms with E-state index in [0.29, 0.717) is 29.9 Å². The second-order valence-corrected chi connectivity index (χ2v) is 11.6. The summed E-state index contributed by atoms with van der Waals surface area (Å²) >= 11 is 3.41. The number of sulfonamides is 1. The molecule has 3 N–H and O–H groups in total. The molecule has 1 fully saturated rings. The number of guanidine groups is 1. The fourth-order valence-electron chi connectivity index (χ4n) is 4.36. The van der Waals surface area contributed by atoms with Crippen molar-refractivity contribution >= 4 is 54.3 Å². The quantitative estimate of drug-likeness (QED) is 0.406. The normalized spacial score (nSPS) is 22.0. The van der Waals surface area contributed by atoms with E-state index in [0.717, 1.165) is 20.6 Å². The van der Waals surface area contributed by atoms with Crippen LogP contribution in [0.1, 0.15) is 38.7 Å². The van der Waals surface area contributed by atoms with E-state index in [2.05, 4.69) is 36.5 Å². The van der Waals surface area contributed by atoms with Crippen molar-refractivity contribution in [2.45, 2.75) is 43.9 Å². The Morgan fingerprint density at radius 2 is 2.06 bits per heavy atom. The van der Waals surface area contributed by atoms with Gasteiger partial charge in [-0.3, -0.25) is 10.4 Å². The maximum atomic E-state index is 15.3. The minimum Gasteiger partial charge on any atom is -0.345 e. The van der Waals surface area contributed by atoms with Gasteiger partial charge < -0.3 is 10.6 Å². The van der Waals surface area contributed by atoms with Crippen molar-refractivity contribution in [2.24, 2.45) is 0 Å². The van der Waals surface area contributed by atoms with Crippen LogP contribution in [0.25, 0.3) is 10.9 Å². The highest BCUT2D eigenvalue weighted by Crippen LogP contribution is 2.41. The lowest BCUT2D eigenvalue weighted by molar-refractivity contribution is 0.295. The Hall–Kier alpha value is -2.79. The van der Waals surface area contributed by atoms with E-state index < -0.39 is 26.6 Å². The Labute approximate surface area is 206 Å².